The monoisotopic (exact) mass is 772 g/mol. The number of carbonyl (C=O) groups excluding carboxylic acids is 4. The molecule has 0 radical (unpaired) electrons. The molecular weight excluding hydrogens is 716 g/mol. The second-order valence-electron chi connectivity index (χ2n) is 14.8. The van der Waals surface area contributed by atoms with Gasteiger partial charge in [0.2, 0.25) is 17.6 Å². The predicted octanol–water partition coefficient (Wildman–Crippen LogP) is 4.60. The lowest BCUT2D eigenvalue weighted by Crippen LogP contribution is -2.56. The Labute approximate surface area is 329 Å². The molecule has 3 amide bonds. The average molecular weight is 773 g/mol. The molecule has 13 heteroatoms. The van der Waals surface area contributed by atoms with Crippen molar-refractivity contribution in [3.8, 4) is 23.0 Å². The van der Waals surface area contributed by atoms with Gasteiger partial charge in [0.05, 0.1) is 34.1 Å². The third-order valence-corrected chi connectivity index (χ3v) is 9.59. The van der Waals surface area contributed by atoms with Gasteiger partial charge in [0.1, 0.15) is 23.9 Å². The van der Waals surface area contributed by atoms with E-state index in [4.69, 9.17) is 24.7 Å². The van der Waals surface area contributed by atoms with Crippen LogP contribution in [-0.4, -0.2) is 81.3 Å². The molecule has 0 spiro atoms. The van der Waals surface area contributed by atoms with Gasteiger partial charge in [-0.15, -0.1) is 0 Å². The molecule has 4 rings (SSSR count). The van der Waals surface area contributed by atoms with Gasteiger partial charge in [-0.05, 0) is 84.1 Å². The van der Waals surface area contributed by atoms with E-state index in [2.05, 4.69) is 16.0 Å². The van der Waals surface area contributed by atoms with E-state index in [1.54, 1.807) is 30.3 Å². The molecule has 0 bridgehead atoms. The lowest BCUT2D eigenvalue weighted by atomic mass is 9.92. The zero-order valence-electron chi connectivity index (χ0n) is 33.6. The number of aliphatic hydroxyl groups is 1. The van der Waals surface area contributed by atoms with Crippen LogP contribution in [0.25, 0.3) is 5.57 Å². The largest absolute Gasteiger partial charge is 0.495 e. The molecule has 1 aliphatic carbocycles. The lowest BCUT2D eigenvalue weighted by molar-refractivity contribution is -0.135. The Bertz CT molecular complexity index is 1890. The highest BCUT2D eigenvalue weighted by Crippen LogP contribution is 2.47. The van der Waals surface area contributed by atoms with Crippen LogP contribution in [0.4, 0.5) is 5.69 Å². The fourth-order valence-corrected chi connectivity index (χ4v) is 6.82. The first-order valence-electron chi connectivity index (χ1n) is 18.8. The summed E-state index contributed by atoms with van der Waals surface area (Å²) < 4.78 is 22.6. The predicted molar refractivity (Wildman–Crippen MR) is 215 cm³/mol. The molecule has 0 aliphatic heterocycles. The fraction of sp³-hybridized carbons (Fsp3) is 0.442. The molecule has 13 nitrogen and oxygen atoms in total. The molecule has 302 valence electrons. The van der Waals surface area contributed by atoms with Crippen molar-refractivity contribution in [2.45, 2.75) is 84.0 Å². The molecule has 4 atom stereocenters. The van der Waals surface area contributed by atoms with Crippen LogP contribution in [0.2, 0.25) is 0 Å². The number of rotatable bonds is 18. The van der Waals surface area contributed by atoms with Crippen molar-refractivity contribution in [2.24, 2.45) is 17.6 Å². The van der Waals surface area contributed by atoms with Crippen LogP contribution < -0.4 is 40.6 Å². The number of benzene rings is 3. The number of methoxy groups -OCH3 is 4. The Balaban J connectivity index is 1.61. The number of ketones is 1. The Kier molecular flexibility index (Phi) is 15.4. The van der Waals surface area contributed by atoms with E-state index in [0.717, 1.165) is 11.1 Å². The first kappa shape index (κ1) is 43.3. The minimum absolute atomic E-state index is 0.00385. The van der Waals surface area contributed by atoms with E-state index in [9.17, 15) is 24.3 Å². The maximum atomic E-state index is 14.1. The highest BCUT2D eigenvalue weighted by atomic mass is 16.5. The summed E-state index contributed by atoms with van der Waals surface area (Å²) in [6.45, 7) is 7.66. The van der Waals surface area contributed by atoms with Gasteiger partial charge >= 0.3 is 0 Å². The Morgan fingerprint density at radius 3 is 1.95 bits per heavy atom. The average Bonchev–Trinajstić information content (AvgIpc) is 3.34. The molecule has 3 aromatic carbocycles. The number of carbonyl (C=O) groups is 4. The minimum atomic E-state index is -1.57. The number of nitrogens with one attached hydrogen (secondary N) is 3. The molecule has 0 aromatic heterocycles. The first-order chi connectivity index (χ1) is 26.7. The highest BCUT2D eigenvalue weighted by Gasteiger charge is 2.32. The summed E-state index contributed by atoms with van der Waals surface area (Å²) in [5.74, 6) is -0.307. The third-order valence-electron chi connectivity index (χ3n) is 9.59. The van der Waals surface area contributed by atoms with Crippen molar-refractivity contribution >= 4 is 34.8 Å². The molecule has 0 saturated carbocycles. The topological polar surface area (TPSA) is 188 Å². The number of allylic oxidation sites excluding steroid dienone is 1. The van der Waals surface area contributed by atoms with Crippen molar-refractivity contribution in [3.05, 3.63) is 82.9 Å². The first-order valence-corrected chi connectivity index (χ1v) is 18.8. The van der Waals surface area contributed by atoms with Gasteiger partial charge in [0.25, 0.3) is 5.91 Å². The smallest absolute Gasteiger partial charge is 0.251 e. The second-order valence-corrected chi connectivity index (χ2v) is 14.8. The number of fused-ring (bicyclic) bond motifs is 1. The maximum Gasteiger partial charge on any atom is 0.251 e. The van der Waals surface area contributed by atoms with Crippen molar-refractivity contribution in [2.75, 3.05) is 33.8 Å². The van der Waals surface area contributed by atoms with Crippen LogP contribution in [0.15, 0.2) is 60.7 Å². The number of nitrogens with two attached hydrogens (primary N) is 1. The molecule has 1 aliphatic rings. The van der Waals surface area contributed by atoms with Crippen molar-refractivity contribution in [1.82, 2.24) is 10.6 Å². The van der Waals surface area contributed by atoms with Crippen LogP contribution in [0.1, 0.15) is 69.2 Å². The molecule has 6 N–H and O–H groups in total. The van der Waals surface area contributed by atoms with Crippen molar-refractivity contribution in [3.63, 3.8) is 0 Å². The van der Waals surface area contributed by atoms with Gasteiger partial charge in [-0.1, -0.05) is 64.1 Å². The number of hydrogen-bond donors (Lipinski definition) is 5. The zero-order valence-corrected chi connectivity index (χ0v) is 33.6. The van der Waals surface area contributed by atoms with E-state index in [-0.39, 0.29) is 43.3 Å². The summed E-state index contributed by atoms with van der Waals surface area (Å²) in [5.41, 5.74) is 10.1. The molecule has 0 saturated heterocycles. The van der Waals surface area contributed by atoms with Crippen molar-refractivity contribution in [1.29, 1.82) is 0 Å². The minimum Gasteiger partial charge on any atom is -0.495 e. The van der Waals surface area contributed by atoms with Crippen molar-refractivity contribution < 1.29 is 43.2 Å². The quantitative estimate of drug-likeness (QED) is 0.122. The zero-order chi connectivity index (χ0) is 41.1. The fourth-order valence-electron chi connectivity index (χ4n) is 6.82. The van der Waals surface area contributed by atoms with Crippen LogP contribution in [0.3, 0.4) is 0 Å². The van der Waals surface area contributed by atoms with Gasteiger partial charge in [0, 0.05) is 18.0 Å². The summed E-state index contributed by atoms with van der Waals surface area (Å²) in [7, 11) is 6.05. The number of ether oxygens (including phenoxy) is 4. The third kappa shape index (κ3) is 10.9. The van der Waals surface area contributed by atoms with Crippen LogP contribution in [0.5, 0.6) is 23.0 Å². The second kappa shape index (κ2) is 20.0. The summed E-state index contributed by atoms with van der Waals surface area (Å²) >= 11 is 0. The molecule has 56 heavy (non-hydrogen) atoms. The van der Waals surface area contributed by atoms with Crippen LogP contribution in [0, 0.1) is 11.8 Å². The van der Waals surface area contributed by atoms with Crippen LogP contribution in [-0.2, 0) is 32.0 Å². The maximum absolute atomic E-state index is 14.1. The standard InChI is InChI=1S/C43H56N4O9/c1-24(2)18-34(46-42(51)35(19-25(3)4)47-43(52)38(49)32(44)20-26-12-10-9-11-13-26)41(50)45-33-21-27(14-17-36(33)53-5)30-22-28(48)15-16-29-31(30)23-37(54-6)40(56-8)39(29)55-7/h9-14,17,21-25,32,34-35,38,49H,15-16,18-20,44H2,1-8H3,(H,45,50)(H,46,51)(H,47,52). The number of aliphatic hydroxyl groups excluding tert-OH is 1. The van der Waals surface area contributed by atoms with Gasteiger partial charge in [0.15, 0.2) is 17.3 Å². The number of anilines is 1. The molecule has 3 aromatic rings. The summed E-state index contributed by atoms with van der Waals surface area (Å²) in [4.78, 5) is 54.2. The Hall–Kier alpha value is -5.40. The lowest BCUT2D eigenvalue weighted by Gasteiger charge is -2.27. The van der Waals surface area contributed by atoms with E-state index < -0.39 is 42.0 Å². The number of amides is 3. The Morgan fingerprint density at radius 1 is 0.750 bits per heavy atom. The van der Waals surface area contributed by atoms with E-state index >= 15 is 0 Å². The SMILES string of the molecule is COc1ccc(C2=CC(=O)CCc3c2cc(OC)c(OC)c3OC)cc1NC(=O)C(CC(C)C)NC(=O)C(CC(C)C)NC(=O)C(O)C(N)Cc1ccccc1. The highest BCUT2D eigenvalue weighted by molar-refractivity contribution is 6.04. The molecule has 0 heterocycles. The van der Waals surface area contributed by atoms with Gasteiger partial charge in [-0.3, -0.25) is 19.2 Å². The van der Waals surface area contributed by atoms with E-state index in [1.807, 2.05) is 58.0 Å². The van der Waals surface area contributed by atoms with Gasteiger partial charge in [-0.25, -0.2) is 0 Å². The normalized spacial score (nSPS) is 14.7. The number of hydrogen-bond acceptors (Lipinski definition) is 10. The summed E-state index contributed by atoms with van der Waals surface area (Å²) in [6, 6.07) is 13.3. The van der Waals surface area contributed by atoms with E-state index in [1.165, 1.54) is 28.4 Å². The van der Waals surface area contributed by atoms with E-state index in [0.29, 0.717) is 51.8 Å². The van der Waals surface area contributed by atoms with Crippen LogP contribution >= 0.6 is 0 Å². The summed E-state index contributed by atoms with van der Waals surface area (Å²) in [5, 5.41) is 19.3. The molecule has 0 fully saturated rings. The summed E-state index contributed by atoms with van der Waals surface area (Å²) in [6.07, 6.45) is 1.45. The Morgan fingerprint density at radius 2 is 1.36 bits per heavy atom. The van der Waals surface area contributed by atoms with Gasteiger partial charge in [-0.2, -0.15) is 0 Å². The van der Waals surface area contributed by atoms with Gasteiger partial charge < -0.3 is 45.7 Å². The molecule has 4 unspecified atom stereocenters. The molecular formula is C43H56N4O9.